The third-order valence-electron chi connectivity index (χ3n) is 2.37. The number of carboxylic acid groups (broad SMARTS) is 1. The number of carbonyl (C=O) groups is 2. The largest absolute Gasteiger partial charge is 0.481 e. The molecule has 0 aromatic heterocycles. The number of hydrogen-bond donors (Lipinski definition) is 1. The molecule has 0 atom stereocenters. The van der Waals surface area contributed by atoms with Gasteiger partial charge >= 0.3 is 11.9 Å². The van der Waals surface area contributed by atoms with Crippen LogP contribution in [-0.4, -0.2) is 24.2 Å². The second-order valence-corrected chi connectivity index (χ2v) is 4.38. The Morgan fingerprint density at radius 3 is 2.71 bits per heavy atom. The van der Waals surface area contributed by atoms with Crippen molar-refractivity contribution in [2.75, 3.05) is 7.11 Å². The van der Waals surface area contributed by atoms with Gasteiger partial charge in [-0.2, -0.15) is 0 Å². The van der Waals surface area contributed by atoms with Gasteiger partial charge in [0.2, 0.25) is 0 Å². The van der Waals surface area contributed by atoms with Crippen LogP contribution < -0.4 is 0 Å². The Labute approximate surface area is 108 Å². The minimum absolute atomic E-state index is 0.0385. The molecule has 0 aliphatic heterocycles. The van der Waals surface area contributed by atoms with E-state index in [1.54, 1.807) is 6.07 Å². The van der Waals surface area contributed by atoms with Gasteiger partial charge in [0.1, 0.15) is 0 Å². The van der Waals surface area contributed by atoms with Crippen LogP contribution in [0.25, 0.3) is 0 Å². The lowest BCUT2D eigenvalue weighted by atomic mass is 10.0. The first-order valence-corrected chi connectivity index (χ1v) is 5.88. The van der Waals surface area contributed by atoms with Gasteiger partial charge < -0.3 is 9.84 Å². The maximum atomic E-state index is 11.2. The maximum Gasteiger partial charge on any atom is 0.309 e. The summed E-state index contributed by atoms with van der Waals surface area (Å²) in [6.07, 6.45) is 0.588. The van der Waals surface area contributed by atoms with Crippen molar-refractivity contribution in [3.05, 3.63) is 33.8 Å². The predicted octanol–water partition coefficient (Wildman–Crippen LogP) is 2.18. The van der Waals surface area contributed by atoms with Crippen molar-refractivity contribution in [1.29, 1.82) is 0 Å². The van der Waals surface area contributed by atoms with Crippen molar-refractivity contribution in [3.8, 4) is 0 Å². The van der Waals surface area contributed by atoms with Crippen molar-refractivity contribution >= 4 is 27.9 Å². The van der Waals surface area contributed by atoms with Gasteiger partial charge in [-0.1, -0.05) is 28.1 Å². The quantitative estimate of drug-likeness (QED) is 0.847. The first-order chi connectivity index (χ1) is 8.04. The highest BCUT2D eigenvalue weighted by atomic mass is 79.9. The minimum atomic E-state index is -0.857. The molecular formula is C12H13BrO4. The van der Waals surface area contributed by atoms with E-state index < -0.39 is 5.97 Å². The molecule has 0 aliphatic rings. The van der Waals surface area contributed by atoms with Crippen LogP contribution in [0.4, 0.5) is 0 Å². The smallest absolute Gasteiger partial charge is 0.309 e. The third-order valence-corrected chi connectivity index (χ3v) is 3.11. The van der Waals surface area contributed by atoms with E-state index >= 15 is 0 Å². The van der Waals surface area contributed by atoms with Crippen molar-refractivity contribution in [1.82, 2.24) is 0 Å². The SMILES string of the molecule is COC(=O)Cc1cccc(Br)c1CCC(=O)O. The molecule has 0 unspecified atom stereocenters. The molecule has 5 heteroatoms. The summed E-state index contributed by atoms with van der Waals surface area (Å²) in [6, 6.07) is 5.45. The highest BCUT2D eigenvalue weighted by Gasteiger charge is 2.12. The van der Waals surface area contributed by atoms with E-state index in [0.29, 0.717) is 6.42 Å². The predicted molar refractivity (Wildman–Crippen MR) is 65.8 cm³/mol. The number of ether oxygens (including phenoxy) is 1. The minimum Gasteiger partial charge on any atom is -0.481 e. The molecule has 0 radical (unpaired) electrons. The maximum absolute atomic E-state index is 11.2. The molecule has 0 spiro atoms. The zero-order valence-corrected chi connectivity index (χ0v) is 11.0. The molecule has 0 amide bonds. The van der Waals surface area contributed by atoms with E-state index in [1.807, 2.05) is 12.1 Å². The molecule has 0 saturated carbocycles. The van der Waals surface area contributed by atoms with Gasteiger partial charge in [0.25, 0.3) is 0 Å². The lowest BCUT2D eigenvalue weighted by Gasteiger charge is -2.09. The number of carboxylic acids is 1. The molecule has 0 heterocycles. The molecule has 0 bridgehead atoms. The van der Waals surface area contributed by atoms with E-state index in [1.165, 1.54) is 7.11 Å². The summed E-state index contributed by atoms with van der Waals surface area (Å²) in [5.74, 6) is -1.19. The Kier molecular flexibility index (Phi) is 5.15. The number of carbonyl (C=O) groups excluding carboxylic acids is 1. The van der Waals surface area contributed by atoms with Crippen LogP contribution in [0.5, 0.6) is 0 Å². The molecule has 0 saturated heterocycles. The first-order valence-electron chi connectivity index (χ1n) is 5.09. The van der Waals surface area contributed by atoms with Crippen LogP contribution in [0.15, 0.2) is 22.7 Å². The Morgan fingerprint density at radius 1 is 1.41 bits per heavy atom. The summed E-state index contributed by atoms with van der Waals surface area (Å²) in [4.78, 5) is 21.8. The van der Waals surface area contributed by atoms with Gasteiger partial charge in [-0.25, -0.2) is 0 Å². The molecule has 92 valence electrons. The van der Waals surface area contributed by atoms with Crippen LogP contribution >= 0.6 is 15.9 Å². The van der Waals surface area contributed by atoms with Gasteiger partial charge in [-0.3, -0.25) is 9.59 Å². The summed E-state index contributed by atoms with van der Waals surface area (Å²) in [6.45, 7) is 0. The zero-order valence-electron chi connectivity index (χ0n) is 9.40. The van der Waals surface area contributed by atoms with E-state index in [2.05, 4.69) is 20.7 Å². The van der Waals surface area contributed by atoms with E-state index in [9.17, 15) is 9.59 Å². The number of halogens is 1. The Morgan fingerprint density at radius 2 is 2.12 bits per heavy atom. The highest BCUT2D eigenvalue weighted by molar-refractivity contribution is 9.10. The molecule has 17 heavy (non-hydrogen) atoms. The number of methoxy groups -OCH3 is 1. The second-order valence-electron chi connectivity index (χ2n) is 3.52. The van der Waals surface area contributed by atoms with E-state index in [-0.39, 0.29) is 18.8 Å². The van der Waals surface area contributed by atoms with Gasteiger partial charge in [0.05, 0.1) is 13.5 Å². The molecule has 0 fully saturated rings. The van der Waals surface area contributed by atoms with E-state index in [0.717, 1.165) is 15.6 Å². The average Bonchev–Trinajstić information content (AvgIpc) is 2.27. The van der Waals surface area contributed by atoms with Gasteiger partial charge in [0, 0.05) is 10.9 Å². The summed E-state index contributed by atoms with van der Waals surface area (Å²) in [5.41, 5.74) is 1.65. The van der Waals surface area contributed by atoms with Gasteiger partial charge in [-0.05, 0) is 23.6 Å². The number of hydrogen-bond acceptors (Lipinski definition) is 3. The standard InChI is InChI=1S/C12H13BrO4/c1-17-12(16)7-8-3-2-4-10(13)9(8)5-6-11(14)15/h2-4H,5-7H2,1H3,(H,14,15). The fourth-order valence-electron chi connectivity index (χ4n) is 1.51. The third kappa shape index (κ3) is 4.19. The summed E-state index contributed by atoms with van der Waals surface area (Å²) < 4.78 is 5.42. The Hall–Kier alpha value is -1.36. The van der Waals surface area contributed by atoms with Crippen molar-refractivity contribution in [2.24, 2.45) is 0 Å². The molecule has 1 rings (SSSR count). The Balaban J connectivity index is 2.91. The summed E-state index contributed by atoms with van der Waals surface area (Å²) in [5, 5.41) is 8.68. The van der Waals surface area contributed by atoms with Crippen LogP contribution in [-0.2, 0) is 27.2 Å². The van der Waals surface area contributed by atoms with Crippen molar-refractivity contribution in [2.45, 2.75) is 19.3 Å². The molecule has 1 aromatic carbocycles. The molecular weight excluding hydrogens is 288 g/mol. The lowest BCUT2D eigenvalue weighted by molar-refractivity contribution is -0.140. The fourth-order valence-corrected chi connectivity index (χ4v) is 2.11. The molecule has 1 N–H and O–H groups in total. The van der Waals surface area contributed by atoms with Crippen molar-refractivity contribution < 1.29 is 19.4 Å². The first kappa shape index (κ1) is 13.7. The molecule has 4 nitrogen and oxygen atoms in total. The number of benzene rings is 1. The summed E-state index contributed by atoms with van der Waals surface area (Å²) >= 11 is 3.36. The average molecular weight is 301 g/mol. The highest BCUT2D eigenvalue weighted by Crippen LogP contribution is 2.23. The van der Waals surface area contributed by atoms with Crippen LogP contribution in [0, 0.1) is 0 Å². The van der Waals surface area contributed by atoms with Gasteiger partial charge in [-0.15, -0.1) is 0 Å². The van der Waals surface area contributed by atoms with Crippen LogP contribution in [0.1, 0.15) is 17.5 Å². The normalized spacial score (nSPS) is 10.0. The lowest BCUT2D eigenvalue weighted by Crippen LogP contribution is -2.08. The van der Waals surface area contributed by atoms with Crippen LogP contribution in [0.3, 0.4) is 0 Å². The number of esters is 1. The fraction of sp³-hybridized carbons (Fsp3) is 0.333. The zero-order chi connectivity index (χ0) is 12.8. The number of rotatable bonds is 5. The molecule has 1 aromatic rings. The molecule has 0 aliphatic carbocycles. The topological polar surface area (TPSA) is 63.6 Å². The van der Waals surface area contributed by atoms with E-state index in [4.69, 9.17) is 5.11 Å². The second kappa shape index (κ2) is 6.39. The van der Waals surface area contributed by atoms with Gasteiger partial charge in [0.15, 0.2) is 0 Å². The number of aliphatic carboxylic acids is 1. The van der Waals surface area contributed by atoms with Crippen molar-refractivity contribution in [3.63, 3.8) is 0 Å². The monoisotopic (exact) mass is 300 g/mol. The Bertz CT molecular complexity index is 429. The summed E-state index contributed by atoms with van der Waals surface area (Å²) in [7, 11) is 1.33. The van der Waals surface area contributed by atoms with Crippen LogP contribution in [0.2, 0.25) is 0 Å².